The van der Waals surface area contributed by atoms with Crippen LogP contribution in [0.1, 0.15) is 32.2 Å². The second-order valence-electron chi connectivity index (χ2n) is 4.71. The number of carboxylic acid groups (broad SMARTS) is 1. The van der Waals surface area contributed by atoms with Gasteiger partial charge in [0.1, 0.15) is 34.1 Å². The minimum atomic E-state index is -1.07. The molecule has 2 aromatic rings. The Balaban J connectivity index is 2.17. The number of aromatic carboxylic acids is 1. The van der Waals surface area contributed by atoms with Crippen LogP contribution in [0.4, 0.5) is 0 Å². The van der Waals surface area contributed by atoms with Crippen molar-refractivity contribution in [2.45, 2.75) is 13.5 Å². The fourth-order valence-corrected chi connectivity index (χ4v) is 2.17. The first-order valence-corrected chi connectivity index (χ1v) is 6.79. The molecule has 1 amide bonds. The number of ether oxygens (including phenoxy) is 2. The topological polar surface area (TPSA) is 98.0 Å². The molecule has 0 aliphatic heterocycles. The van der Waals surface area contributed by atoms with Crippen molar-refractivity contribution in [2.75, 3.05) is 14.2 Å². The molecule has 7 nitrogen and oxygen atoms in total. The van der Waals surface area contributed by atoms with Gasteiger partial charge < -0.3 is 24.3 Å². The van der Waals surface area contributed by atoms with Gasteiger partial charge in [0.15, 0.2) is 0 Å². The van der Waals surface area contributed by atoms with Crippen LogP contribution in [0, 0.1) is 6.92 Å². The molecule has 0 saturated carbocycles. The molecule has 1 heterocycles. The molecule has 0 aliphatic carbocycles. The van der Waals surface area contributed by atoms with Crippen molar-refractivity contribution in [1.82, 2.24) is 5.32 Å². The Bertz CT molecular complexity index is 712. The highest BCUT2D eigenvalue weighted by Crippen LogP contribution is 2.28. The second kappa shape index (κ2) is 6.87. The Morgan fingerprint density at radius 3 is 2.30 bits per heavy atom. The molecule has 23 heavy (non-hydrogen) atoms. The Morgan fingerprint density at radius 1 is 1.22 bits per heavy atom. The average Bonchev–Trinajstić information content (AvgIpc) is 2.92. The van der Waals surface area contributed by atoms with Gasteiger partial charge in [0, 0.05) is 0 Å². The highest BCUT2D eigenvalue weighted by molar-refractivity contribution is 5.99. The standard InChI is InChI=1S/C16H17NO6/c1-9-11(16(19)20)7-10(23-9)8-17-15(18)14-12(21-2)5-4-6-13(14)22-3/h4-7H,8H2,1-3H3,(H,17,18)(H,19,20). The van der Waals surface area contributed by atoms with Gasteiger partial charge in [-0.15, -0.1) is 0 Å². The van der Waals surface area contributed by atoms with E-state index in [1.54, 1.807) is 25.1 Å². The quantitative estimate of drug-likeness (QED) is 0.847. The minimum absolute atomic E-state index is 0.0498. The SMILES string of the molecule is COc1cccc(OC)c1C(=O)NCc1cc(C(=O)O)c(C)o1. The summed E-state index contributed by atoms with van der Waals surface area (Å²) in [5.74, 6) is -0.0911. The zero-order valence-corrected chi connectivity index (χ0v) is 13.0. The number of rotatable bonds is 6. The van der Waals surface area contributed by atoms with Gasteiger partial charge in [-0.3, -0.25) is 4.79 Å². The van der Waals surface area contributed by atoms with Crippen molar-refractivity contribution in [3.05, 3.63) is 46.9 Å². The molecule has 122 valence electrons. The molecule has 2 N–H and O–H groups in total. The minimum Gasteiger partial charge on any atom is -0.496 e. The summed E-state index contributed by atoms with van der Waals surface area (Å²) in [4.78, 5) is 23.4. The van der Waals surface area contributed by atoms with E-state index < -0.39 is 11.9 Å². The van der Waals surface area contributed by atoms with Crippen LogP contribution < -0.4 is 14.8 Å². The van der Waals surface area contributed by atoms with Crippen LogP contribution in [0.2, 0.25) is 0 Å². The molecular formula is C16H17NO6. The van der Waals surface area contributed by atoms with E-state index in [2.05, 4.69) is 5.32 Å². The number of amides is 1. The van der Waals surface area contributed by atoms with Crippen LogP contribution in [0.3, 0.4) is 0 Å². The number of hydrogen-bond acceptors (Lipinski definition) is 5. The molecule has 0 atom stereocenters. The van der Waals surface area contributed by atoms with Gasteiger partial charge in [0.2, 0.25) is 0 Å². The first-order valence-electron chi connectivity index (χ1n) is 6.79. The van der Waals surface area contributed by atoms with Crippen molar-refractivity contribution < 1.29 is 28.6 Å². The summed E-state index contributed by atoms with van der Waals surface area (Å²) in [6, 6.07) is 6.40. The maximum Gasteiger partial charge on any atom is 0.339 e. The van der Waals surface area contributed by atoms with Crippen LogP contribution in [-0.2, 0) is 6.54 Å². The summed E-state index contributed by atoms with van der Waals surface area (Å²) in [5.41, 5.74) is 0.336. The van der Waals surface area contributed by atoms with Crippen molar-refractivity contribution in [2.24, 2.45) is 0 Å². The summed E-state index contributed by atoms with van der Waals surface area (Å²) in [5, 5.41) is 11.6. The molecular weight excluding hydrogens is 302 g/mol. The van der Waals surface area contributed by atoms with Gasteiger partial charge in [-0.25, -0.2) is 4.79 Å². The molecule has 0 saturated heterocycles. The maximum atomic E-state index is 12.4. The Kier molecular flexibility index (Phi) is 4.90. The van der Waals surface area contributed by atoms with Gasteiger partial charge in [-0.2, -0.15) is 0 Å². The van der Waals surface area contributed by atoms with Crippen LogP contribution in [0.5, 0.6) is 11.5 Å². The number of furan rings is 1. The van der Waals surface area contributed by atoms with E-state index in [4.69, 9.17) is 19.0 Å². The van der Waals surface area contributed by atoms with Crippen molar-refractivity contribution in [1.29, 1.82) is 0 Å². The van der Waals surface area contributed by atoms with E-state index >= 15 is 0 Å². The Labute approximate surface area is 132 Å². The molecule has 0 spiro atoms. The third-order valence-corrected chi connectivity index (χ3v) is 3.28. The first kappa shape index (κ1) is 16.4. The lowest BCUT2D eigenvalue weighted by atomic mass is 10.1. The molecule has 0 radical (unpaired) electrons. The van der Waals surface area contributed by atoms with Gasteiger partial charge in [-0.05, 0) is 25.1 Å². The number of aryl methyl sites for hydroxylation is 1. The second-order valence-corrected chi connectivity index (χ2v) is 4.71. The zero-order chi connectivity index (χ0) is 17.0. The monoisotopic (exact) mass is 319 g/mol. The van der Waals surface area contributed by atoms with Gasteiger partial charge >= 0.3 is 5.97 Å². The molecule has 0 bridgehead atoms. The lowest BCUT2D eigenvalue weighted by molar-refractivity contribution is 0.0694. The van der Waals surface area contributed by atoms with E-state index in [9.17, 15) is 9.59 Å². The van der Waals surface area contributed by atoms with Crippen LogP contribution in [0.25, 0.3) is 0 Å². The number of methoxy groups -OCH3 is 2. The van der Waals surface area contributed by atoms with Crippen molar-refractivity contribution in [3.8, 4) is 11.5 Å². The Hall–Kier alpha value is -2.96. The number of hydrogen-bond donors (Lipinski definition) is 2. The summed E-state index contributed by atoms with van der Waals surface area (Å²) in [7, 11) is 2.92. The van der Waals surface area contributed by atoms with Crippen LogP contribution in [-0.4, -0.2) is 31.2 Å². The van der Waals surface area contributed by atoms with Gasteiger partial charge in [0.25, 0.3) is 5.91 Å². The van der Waals surface area contributed by atoms with Crippen molar-refractivity contribution >= 4 is 11.9 Å². The highest BCUT2D eigenvalue weighted by atomic mass is 16.5. The molecule has 0 fully saturated rings. The summed E-state index contributed by atoms with van der Waals surface area (Å²) in [6.07, 6.45) is 0. The molecule has 2 rings (SSSR count). The lowest BCUT2D eigenvalue weighted by Crippen LogP contribution is -2.23. The fourth-order valence-electron chi connectivity index (χ4n) is 2.17. The number of benzene rings is 1. The van der Waals surface area contributed by atoms with E-state index in [1.807, 2.05) is 0 Å². The number of nitrogens with one attached hydrogen (secondary N) is 1. The van der Waals surface area contributed by atoms with E-state index in [-0.39, 0.29) is 23.4 Å². The van der Waals surface area contributed by atoms with E-state index in [0.29, 0.717) is 17.3 Å². The summed E-state index contributed by atoms with van der Waals surface area (Å²) in [6.45, 7) is 1.60. The predicted octanol–water partition coefficient (Wildman–Crippen LogP) is 2.23. The fraction of sp³-hybridized carbons (Fsp3) is 0.250. The zero-order valence-electron chi connectivity index (χ0n) is 13.0. The highest BCUT2D eigenvalue weighted by Gasteiger charge is 2.19. The van der Waals surface area contributed by atoms with Crippen molar-refractivity contribution in [3.63, 3.8) is 0 Å². The molecule has 1 aromatic carbocycles. The lowest BCUT2D eigenvalue weighted by Gasteiger charge is -2.12. The summed E-state index contributed by atoms with van der Waals surface area (Å²) >= 11 is 0. The average molecular weight is 319 g/mol. The predicted molar refractivity (Wildman–Crippen MR) is 81.1 cm³/mol. The third kappa shape index (κ3) is 3.45. The van der Waals surface area contributed by atoms with E-state index in [1.165, 1.54) is 20.3 Å². The van der Waals surface area contributed by atoms with Crippen LogP contribution >= 0.6 is 0 Å². The molecule has 0 aliphatic rings. The Morgan fingerprint density at radius 2 is 1.83 bits per heavy atom. The summed E-state index contributed by atoms with van der Waals surface area (Å²) < 4.78 is 15.7. The maximum absolute atomic E-state index is 12.4. The van der Waals surface area contributed by atoms with Gasteiger partial charge in [-0.1, -0.05) is 6.07 Å². The number of carbonyl (C=O) groups is 2. The first-order chi connectivity index (χ1) is 11.0. The largest absolute Gasteiger partial charge is 0.496 e. The third-order valence-electron chi connectivity index (χ3n) is 3.28. The smallest absolute Gasteiger partial charge is 0.339 e. The number of carbonyl (C=O) groups excluding carboxylic acids is 1. The van der Waals surface area contributed by atoms with Gasteiger partial charge in [0.05, 0.1) is 20.8 Å². The van der Waals surface area contributed by atoms with E-state index in [0.717, 1.165) is 0 Å². The molecule has 1 aromatic heterocycles. The molecule has 7 heteroatoms. The normalized spacial score (nSPS) is 10.2. The molecule has 0 unspecified atom stereocenters. The number of carboxylic acids is 1. The van der Waals surface area contributed by atoms with Crippen LogP contribution in [0.15, 0.2) is 28.7 Å².